The first kappa shape index (κ1) is 19.9. The molecule has 2 aromatic rings. The number of carbonyl (C=O) groups excluding carboxylic acids is 2. The van der Waals surface area contributed by atoms with Crippen molar-refractivity contribution >= 4 is 39.1 Å². The summed E-state index contributed by atoms with van der Waals surface area (Å²) in [6, 6.07) is 12.1. The number of anilines is 1. The minimum Gasteiger partial charge on any atom is -0.351 e. The van der Waals surface area contributed by atoms with Crippen molar-refractivity contribution in [2.75, 3.05) is 18.4 Å². The van der Waals surface area contributed by atoms with Crippen molar-refractivity contribution in [3.05, 3.63) is 59.1 Å². The Balaban J connectivity index is 1.82. The molecule has 0 aliphatic heterocycles. The van der Waals surface area contributed by atoms with Crippen LogP contribution in [0.15, 0.2) is 53.4 Å². The Bertz CT molecular complexity index is 881. The molecule has 0 unspecified atom stereocenters. The number of halogens is 1. The maximum absolute atomic E-state index is 12.1. The lowest BCUT2D eigenvalue weighted by Crippen LogP contribution is -2.34. The highest BCUT2D eigenvalue weighted by Crippen LogP contribution is 2.13. The average molecular weight is 396 g/mol. The molecular weight excluding hydrogens is 378 g/mol. The number of hydrogen-bond donors (Lipinski definition) is 3. The summed E-state index contributed by atoms with van der Waals surface area (Å²) in [6.07, 6.45) is 0. The summed E-state index contributed by atoms with van der Waals surface area (Å²) in [4.78, 5) is 23.1. The van der Waals surface area contributed by atoms with Crippen LogP contribution in [0.25, 0.3) is 0 Å². The van der Waals surface area contributed by atoms with Crippen molar-refractivity contribution < 1.29 is 18.0 Å². The molecule has 9 heteroatoms. The summed E-state index contributed by atoms with van der Waals surface area (Å²) in [6.45, 7) is 1.56. The van der Waals surface area contributed by atoms with Gasteiger partial charge in [0.05, 0.1) is 4.90 Å². The molecule has 0 spiro atoms. The summed E-state index contributed by atoms with van der Waals surface area (Å²) in [5, 5.41) is 5.67. The molecular formula is C17H18ClN3O4S. The van der Waals surface area contributed by atoms with Crippen LogP contribution in [0, 0.1) is 0 Å². The number of sulfonamides is 1. The standard InChI is InChI=1S/C17H18ClN3O4S/c1-12(22)21-15-6-2-13(3-7-15)17(23)19-10-11-20-26(24,25)16-8-4-14(18)5-9-16/h2-9,20H,10-11H2,1H3,(H,19,23)(H,21,22). The number of benzene rings is 2. The van der Waals surface area contributed by atoms with E-state index in [0.29, 0.717) is 16.3 Å². The lowest BCUT2D eigenvalue weighted by molar-refractivity contribution is -0.114. The van der Waals surface area contributed by atoms with Crippen molar-refractivity contribution in [3.63, 3.8) is 0 Å². The molecule has 0 aliphatic carbocycles. The molecule has 0 saturated heterocycles. The van der Waals surface area contributed by atoms with Crippen molar-refractivity contribution in [3.8, 4) is 0 Å². The maximum atomic E-state index is 12.1. The van der Waals surface area contributed by atoms with Gasteiger partial charge in [-0.05, 0) is 48.5 Å². The molecule has 0 atom stereocenters. The summed E-state index contributed by atoms with van der Waals surface area (Å²) in [7, 11) is -3.66. The number of amides is 2. The number of rotatable bonds is 7. The fourth-order valence-corrected chi connectivity index (χ4v) is 3.23. The van der Waals surface area contributed by atoms with Gasteiger partial charge in [0.2, 0.25) is 15.9 Å². The molecule has 0 saturated carbocycles. The predicted octanol–water partition coefficient (Wildman–Crippen LogP) is 2.01. The van der Waals surface area contributed by atoms with Gasteiger partial charge in [0.1, 0.15) is 0 Å². The normalized spacial score (nSPS) is 11.0. The van der Waals surface area contributed by atoms with Crippen LogP contribution >= 0.6 is 11.6 Å². The first-order valence-electron chi connectivity index (χ1n) is 7.69. The second-order valence-corrected chi connectivity index (χ2v) is 7.57. The summed E-state index contributed by atoms with van der Waals surface area (Å²) < 4.78 is 26.6. The van der Waals surface area contributed by atoms with Crippen LogP contribution in [0.3, 0.4) is 0 Å². The third kappa shape index (κ3) is 5.83. The highest BCUT2D eigenvalue weighted by molar-refractivity contribution is 7.89. The van der Waals surface area contributed by atoms with E-state index in [1.807, 2.05) is 0 Å². The third-order valence-corrected chi connectivity index (χ3v) is 5.02. The van der Waals surface area contributed by atoms with Crippen molar-refractivity contribution in [1.29, 1.82) is 0 Å². The van der Waals surface area contributed by atoms with E-state index in [1.54, 1.807) is 24.3 Å². The van der Waals surface area contributed by atoms with Crippen LogP contribution in [0.5, 0.6) is 0 Å². The van der Waals surface area contributed by atoms with E-state index in [1.165, 1.54) is 31.2 Å². The van der Waals surface area contributed by atoms with Gasteiger partial charge in [-0.15, -0.1) is 0 Å². The fourth-order valence-electron chi connectivity index (χ4n) is 2.07. The van der Waals surface area contributed by atoms with Crippen LogP contribution in [0.4, 0.5) is 5.69 Å². The Morgan fingerprint density at radius 1 is 0.962 bits per heavy atom. The monoisotopic (exact) mass is 395 g/mol. The molecule has 0 bridgehead atoms. The summed E-state index contributed by atoms with van der Waals surface area (Å²) in [5.41, 5.74) is 0.990. The van der Waals surface area contributed by atoms with Gasteiger partial charge >= 0.3 is 0 Å². The molecule has 138 valence electrons. The second kappa shape index (κ2) is 8.79. The van der Waals surface area contributed by atoms with Gasteiger partial charge in [-0.2, -0.15) is 0 Å². The van der Waals surface area contributed by atoms with Gasteiger partial charge in [0, 0.05) is 36.3 Å². The SMILES string of the molecule is CC(=O)Nc1ccc(C(=O)NCCNS(=O)(=O)c2ccc(Cl)cc2)cc1. The van der Waals surface area contributed by atoms with Crippen LogP contribution < -0.4 is 15.4 Å². The van der Waals surface area contributed by atoms with E-state index < -0.39 is 10.0 Å². The number of hydrogen-bond acceptors (Lipinski definition) is 4. The first-order chi connectivity index (χ1) is 12.3. The zero-order valence-electron chi connectivity index (χ0n) is 14.0. The molecule has 0 fully saturated rings. The Kier molecular flexibility index (Phi) is 6.73. The van der Waals surface area contributed by atoms with Crippen molar-refractivity contribution in [2.45, 2.75) is 11.8 Å². The van der Waals surface area contributed by atoms with E-state index >= 15 is 0 Å². The van der Waals surface area contributed by atoms with Crippen LogP contribution in [0.1, 0.15) is 17.3 Å². The van der Waals surface area contributed by atoms with Crippen molar-refractivity contribution in [1.82, 2.24) is 10.0 Å². The molecule has 0 radical (unpaired) electrons. The minimum absolute atomic E-state index is 0.0423. The lowest BCUT2D eigenvalue weighted by Gasteiger charge is -2.09. The Morgan fingerprint density at radius 3 is 2.15 bits per heavy atom. The number of nitrogens with one attached hydrogen (secondary N) is 3. The average Bonchev–Trinajstić information content (AvgIpc) is 2.59. The zero-order valence-corrected chi connectivity index (χ0v) is 15.5. The molecule has 0 aliphatic rings. The van der Waals surface area contributed by atoms with Gasteiger partial charge in [0.15, 0.2) is 0 Å². The summed E-state index contributed by atoms with van der Waals surface area (Å²) in [5.74, 6) is -0.541. The van der Waals surface area contributed by atoms with Crippen molar-refractivity contribution in [2.24, 2.45) is 0 Å². The molecule has 2 amide bonds. The Morgan fingerprint density at radius 2 is 1.58 bits per heavy atom. The van der Waals surface area contributed by atoms with E-state index in [2.05, 4.69) is 15.4 Å². The van der Waals surface area contributed by atoms with E-state index in [0.717, 1.165) is 0 Å². The highest BCUT2D eigenvalue weighted by Gasteiger charge is 2.13. The fraction of sp³-hybridized carbons (Fsp3) is 0.176. The molecule has 0 heterocycles. The largest absolute Gasteiger partial charge is 0.351 e. The van der Waals surface area contributed by atoms with Gasteiger partial charge < -0.3 is 10.6 Å². The van der Waals surface area contributed by atoms with Crippen LogP contribution in [-0.2, 0) is 14.8 Å². The first-order valence-corrected chi connectivity index (χ1v) is 9.55. The third-order valence-electron chi connectivity index (χ3n) is 3.29. The lowest BCUT2D eigenvalue weighted by atomic mass is 10.2. The van der Waals surface area contributed by atoms with E-state index in [4.69, 9.17) is 11.6 Å². The number of carbonyl (C=O) groups is 2. The van der Waals surface area contributed by atoms with Gasteiger partial charge in [-0.25, -0.2) is 13.1 Å². The zero-order chi connectivity index (χ0) is 19.2. The van der Waals surface area contributed by atoms with Gasteiger partial charge in [0.25, 0.3) is 5.91 Å². The second-order valence-electron chi connectivity index (χ2n) is 5.37. The Labute approximate surface area is 156 Å². The predicted molar refractivity (Wildman–Crippen MR) is 99.7 cm³/mol. The molecule has 2 aromatic carbocycles. The quantitative estimate of drug-likeness (QED) is 0.623. The topological polar surface area (TPSA) is 104 Å². The molecule has 26 heavy (non-hydrogen) atoms. The minimum atomic E-state index is -3.66. The molecule has 7 nitrogen and oxygen atoms in total. The van der Waals surface area contributed by atoms with Gasteiger partial charge in [-0.1, -0.05) is 11.6 Å². The molecule has 2 rings (SSSR count). The molecule has 3 N–H and O–H groups in total. The smallest absolute Gasteiger partial charge is 0.251 e. The van der Waals surface area contributed by atoms with Crippen LogP contribution in [0.2, 0.25) is 5.02 Å². The van der Waals surface area contributed by atoms with E-state index in [-0.39, 0.29) is 29.8 Å². The molecule has 0 aromatic heterocycles. The Hall–Kier alpha value is -2.42. The summed E-state index contributed by atoms with van der Waals surface area (Å²) >= 11 is 5.73. The maximum Gasteiger partial charge on any atom is 0.251 e. The van der Waals surface area contributed by atoms with E-state index in [9.17, 15) is 18.0 Å². The highest BCUT2D eigenvalue weighted by atomic mass is 35.5. The van der Waals surface area contributed by atoms with Crippen LogP contribution in [-0.4, -0.2) is 33.3 Å². The van der Waals surface area contributed by atoms with Gasteiger partial charge in [-0.3, -0.25) is 9.59 Å².